The van der Waals surface area contributed by atoms with E-state index in [1.165, 1.54) is 0 Å². The van der Waals surface area contributed by atoms with Gasteiger partial charge in [-0.2, -0.15) is 13.2 Å². The van der Waals surface area contributed by atoms with Crippen LogP contribution in [0.4, 0.5) is 18.0 Å². The average Bonchev–Trinajstić information content (AvgIpc) is 2.31. The molecule has 0 bridgehead atoms. The number of rotatable bonds is 3. The molecule has 9 nitrogen and oxygen atoms in total. The molecule has 0 saturated heterocycles. The minimum Gasteiger partial charge on any atom is -0.480 e. The van der Waals surface area contributed by atoms with Gasteiger partial charge in [0, 0.05) is 0 Å². The van der Waals surface area contributed by atoms with E-state index < -0.39 is 42.4 Å². The van der Waals surface area contributed by atoms with Crippen LogP contribution in [0.15, 0.2) is 0 Å². The van der Waals surface area contributed by atoms with Gasteiger partial charge in [0.25, 0.3) is 0 Å². The highest BCUT2D eigenvalue weighted by molar-refractivity contribution is 5.81. The van der Waals surface area contributed by atoms with Crippen LogP contribution in [0.1, 0.15) is 20.8 Å². The second kappa shape index (κ2) is 9.04. The first-order valence-electron chi connectivity index (χ1n) is 5.65. The van der Waals surface area contributed by atoms with Gasteiger partial charge in [-0.05, 0) is 20.8 Å². The number of aliphatic carboxylic acids is 1. The summed E-state index contributed by atoms with van der Waals surface area (Å²) in [5.74, 6) is 0.690. The number of ether oxygens (including phenoxy) is 1. The highest BCUT2D eigenvalue weighted by Crippen LogP contribution is 2.12. The number of carboxylic acids is 1. The maximum atomic E-state index is 11.0. The molecule has 0 heterocycles. The van der Waals surface area contributed by atoms with Crippen molar-refractivity contribution in [1.29, 1.82) is 0 Å². The van der Waals surface area contributed by atoms with Crippen LogP contribution < -0.4 is 16.6 Å². The number of alkyl halides is 3. The Kier molecular flexibility index (Phi) is 9.13. The summed E-state index contributed by atoms with van der Waals surface area (Å²) in [4.78, 5) is 30.9. The molecular weight excluding hydrogens is 315 g/mol. The van der Waals surface area contributed by atoms with E-state index in [0.717, 1.165) is 5.43 Å². The Hall–Kier alpha value is -2.08. The summed E-state index contributed by atoms with van der Waals surface area (Å²) >= 11 is 0. The van der Waals surface area contributed by atoms with Crippen molar-refractivity contribution in [3.8, 4) is 0 Å². The molecular formula is C10H18F3N3O6. The molecule has 130 valence electrons. The molecule has 0 fully saturated rings. The summed E-state index contributed by atoms with van der Waals surface area (Å²) < 4.78 is 37.7. The summed E-state index contributed by atoms with van der Waals surface area (Å²) in [6.45, 7) is 4.29. The fourth-order valence-electron chi connectivity index (χ4n) is 0.717. The summed E-state index contributed by atoms with van der Waals surface area (Å²) in [5.41, 5.74) is 0.249. The van der Waals surface area contributed by atoms with Crippen molar-refractivity contribution in [3.63, 3.8) is 0 Å². The first-order valence-corrected chi connectivity index (χ1v) is 5.65. The van der Waals surface area contributed by atoms with Crippen molar-refractivity contribution in [3.05, 3.63) is 0 Å². The molecule has 0 aliphatic carbocycles. The second-order valence-corrected chi connectivity index (χ2v) is 4.69. The number of aliphatic hydroxyl groups is 1. The highest BCUT2D eigenvalue weighted by atomic mass is 19.4. The predicted molar refractivity (Wildman–Crippen MR) is 66.3 cm³/mol. The zero-order valence-electron chi connectivity index (χ0n) is 12.0. The van der Waals surface area contributed by atoms with E-state index in [0.29, 0.717) is 0 Å². The van der Waals surface area contributed by atoms with Crippen molar-refractivity contribution in [1.82, 2.24) is 10.7 Å². The number of carboxylic acid groups (broad SMARTS) is 1. The molecule has 0 aliphatic heterocycles. The third-order valence-corrected chi connectivity index (χ3v) is 1.56. The van der Waals surface area contributed by atoms with Crippen molar-refractivity contribution in [2.45, 2.75) is 38.6 Å². The topological polar surface area (TPSA) is 151 Å². The summed E-state index contributed by atoms with van der Waals surface area (Å²) in [6.07, 6.45) is -5.73. The van der Waals surface area contributed by atoms with Gasteiger partial charge in [-0.15, -0.1) is 0 Å². The third-order valence-electron chi connectivity index (χ3n) is 1.56. The van der Waals surface area contributed by atoms with Gasteiger partial charge in [0.2, 0.25) is 0 Å². The Bertz CT molecular complexity index is 394. The van der Waals surface area contributed by atoms with Gasteiger partial charge in [0.15, 0.2) is 6.04 Å². The predicted octanol–water partition coefficient (Wildman–Crippen LogP) is -0.505. The number of nitrogens with one attached hydrogen (secondary N) is 2. The van der Waals surface area contributed by atoms with Gasteiger partial charge in [-0.25, -0.2) is 15.4 Å². The number of hydrogen-bond acceptors (Lipinski definition) is 6. The van der Waals surface area contributed by atoms with Crippen LogP contribution >= 0.6 is 0 Å². The van der Waals surface area contributed by atoms with Crippen LogP contribution in [0, 0.1) is 0 Å². The van der Waals surface area contributed by atoms with Gasteiger partial charge in [-0.3, -0.25) is 10.2 Å². The SMILES string of the molecule is CC(C)(C)OC(=O)N[C@@H](CO)C(=O)O.NNC(=O)C(F)(F)F. The Morgan fingerprint density at radius 1 is 1.23 bits per heavy atom. The molecule has 0 aliphatic rings. The number of nitrogens with two attached hydrogens (primary N) is 1. The third kappa shape index (κ3) is 11.7. The number of carbonyl (C=O) groups excluding carboxylic acids is 2. The molecule has 2 amide bonds. The number of halogens is 3. The molecule has 6 N–H and O–H groups in total. The normalized spacial score (nSPS) is 12.4. The van der Waals surface area contributed by atoms with E-state index in [1.54, 1.807) is 20.8 Å². The van der Waals surface area contributed by atoms with Crippen LogP contribution in [-0.2, 0) is 14.3 Å². The van der Waals surface area contributed by atoms with Crippen LogP contribution in [-0.4, -0.2) is 52.6 Å². The largest absolute Gasteiger partial charge is 0.480 e. The molecule has 0 aromatic rings. The van der Waals surface area contributed by atoms with Crippen molar-refractivity contribution < 1.29 is 42.5 Å². The molecule has 12 heteroatoms. The van der Waals surface area contributed by atoms with E-state index in [2.05, 4.69) is 5.84 Å². The second-order valence-electron chi connectivity index (χ2n) is 4.69. The average molecular weight is 333 g/mol. The van der Waals surface area contributed by atoms with Crippen LogP contribution in [0.3, 0.4) is 0 Å². The summed E-state index contributed by atoms with van der Waals surface area (Å²) in [5, 5.41) is 19.1. The quantitative estimate of drug-likeness (QED) is 0.265. The first-order chi connectivity index (χ1) is 9.74. The minimum atomic E-state index is -4.87. The van der Waals surface area contributed by atoms with Crippen molar-refractivity contribution in [2.24, 2.45) is 5.84 Å². The van der Waals surface area contributed by atoms with E-state index in [-0.39, 0.29) is 0 Å². The van der Waals surface area contributed by atoms with Gasteiger partial charge in [-0.1, -0.05) is 0 Å². The zero-order chi connectivity index (χ0) is 18.1. The van der Waals surface area contributed by atoms with Gasteiger partial charge < -0.3 is 20.3 Å². The van der Waals surface area contributed by atoms with Crippen LogP contribution in [0.2, 0.25) is 0 Å². The maximum Gasteiger partial charge on any atom is 0.472 e. The molecule has 0 aromatic heterocycles. The maximum absolute atomic E-state index is 11.0. The minimum absolute atomic E-state index is 0.672. The van der Waals surface area contributed by atoms with Gasteiger partial charge >= 0.3 is 24.1 Å². The molecule has 0 saturated carbocycles. The van der Waals surface area contributed by atoms with E-state index in [9.17, 15) is 27.6 Å². The lowest BCUT2D eigenvalue weighted by molar-refractivity contribution is -0.173. The molecule has 0 rings (SSSR count). The summed E-state index contributed by atoms with van der Waals surface area (Å²) in [6, 6.07) is -1.33. The fraction of sp³-hybridized carbons (Fsp3) is 0.700. The van der Waals surface area contributed by atoms with Gasteiger partial charge in [0.05, 0.1) is 6.61 Å². The van der Waals surface area contributed by atoms with Crippen LogP contribution in [0.5, 0.6) is 0 Å². The van der Waals surface area contributed by atoms with Crippen LogP contribution in [0.25, 0.3) is 0 Å². The van der Waals surface area contributed by atoms with Gasteiger partial charge in [0.1, 0.15) is 5.60 Å². The van der Waals surface area contributed by atoms with E-state index in [4.69, 9.17) is 14.9 Å². The standard InChI is InChI=1S/C8H15NO5.C2H3F3N2O/c1-8(2,3)14-7(13)9-5(4-10)6(11)12;3-2(4,5)1(8)7-6/h5,10H,4H2,1-3H3,(H,9,13)(H,11,12);6H2,(H,7,8)/t5-;/m0./s1. The lowest BCUT2D eigenvalue weighted by Gasteiger charge is -2.21. The molecule has 0 aromatic carbocycles. The monoisotopic (exact) mass is 333 g/mol. The Morgan fingerprint density at radius 3 is 1.86 bits per heavy atom. The number of hydrogen-bond donors (Lipinski definition) is 5. The molecule has 0 spiro atoms. The fourth-order valence-corrected chi connectivity index (χ4v) is 0.717. The zero-order valence-corrected chi connectivity index (χ0v) is 12.0. The Balaban J connectivity index is 0. The molecule has 0 unspecified atom stereocenters. The number of aliphatic hydroxyl groups excluding tert-OH is 1. The molecule has 1 atom stereocenters. The van der Waals surface area contributed by atoms with E-state index >= 15 is 0 Å². The number of amides is 2. The highest BCUT2D eigenvalue weighted by Gasteiger charge is 2.37. The number of carbonyl (C=O) groups is 3. The molecule has 0 radical (unpaired) electrons. The number of alkyl carbamates (subject to hydrolysis) is 1. The molecule has 22 heavy (non-hydrogen) atoms. The smallest absolute Gasteiger partial charge is 0.472 e. The lowest BCUT2D eigenvalue weighted by Crippen LogP contribution is -2.45. The van der Waals surface area contributed by atoms with Crippen molar-refractivity contribution in [2.75, 3.05) is 6.61 Å². The Labute approximate surface area is 123 Å². The van der Waals surface area contributed by atoms with Crippen molar-refractivity contribution >= 4 is 18.0 Å². The van der Waals surface area contributed by atoms with E-state index in [1.807, 2.05) is 5.32 Å². The first kappa shape index (κ1) is 22.2. The number of hydrazine groups is 1. The lowest BCUT2D eigenvalue weighted by atomic mass is 10.2. The summed E-state index contributed by atoms with van der Waals surface area (Å²) in [7, 11) is 0. The Morgan fingerprint density at radius 2 is 1.68 bits per heavy atom.